The molecule has 0 fully saturated rings. The van der Waals surface area contributed by atoms with E-state index in [0.717, 1.165) is 19.3 Å². The number of nitrogens with zero attached hydrogens (tertiary/aromatic N) is 3. The fraction of sp³-hybridized carbons (Fsp3) is 0.682. The molecular weight excluding hydrogens is 384 g/mol. The molecule has 0 saturated heterocycles. The Bertz CT molecular complexity index is 778. The minimum Gasteiger partial charge on any atom is -0.493 e. The minimum atomic E-state index is -1.02. The van der Waals surface area contributed by atoms with Gasteiger partial charge in [0.25, 0.3) is 11.8 Å². The van der Waals surface area contributed by atoms with E-state index in [0.29, 0.717) is 24.5 Å². The zero-order valence-electron chi connectivity index (χ0n) is 19.1. The van der Waals surface area contributed by atoms with Crippen molar-refractivity contribution in [2.75, 3.05) is 11.9 Å². The van der Waals surface area contributed by atoms with Crippen LogP contribution in [0, 0.1) is 0 Å². The number of aromatic nitrogens is 2. The third-order valence-corrected chi connectivity index (χ3v) is 5.03. The lowest BCUT2D eigenvalue weighted by Gasteiger charge is -2.37. The second kappa shape index (κ2) is 9.64. The molecule has 0 spiro atoms. The molecule has 8 heteroatoms. The number of carbonyl (C=O) groups is 2. The number of rotatable bonds is 11. The van der Waals surface area contributed by atoms with Gasteiger partial charge < -0.3 is 20.1 Å². The maximum atomic E-state index is 13.3. The van der Waals surface area contributed by atoms with Crippen LogP contribution in [0.4, 0.5) is 5.82 Å². The van der Waals surface area contributed by atoms with Crippen LogP contribution in [0.2, 0.25) is 0 Å². The SMILES string of the molecule is CCCCCC(C)(C(=O)Nc1ccn(CC(C)(C)O)n1)N1CC(OC(C)C)=CC1=O. The predicted octanol–water partition coefficient (Wildman–Crippen LogP) is 3.08. The summed E-state index contributed by atoms with van der Waals surface area (Å²) in [7, 11) is 0. The van der Waals surface area contributed by atoms with Crippen molar-refractivity contribution in [3.05, 3.63) is 24.1 Å². The Morgan fingerprint density at radius 2 is 2.03 bits per heavy atom. The van der Waals surface area contributed by atoms with Gasteiger partial charge in [0, 0.05) is 18.3 Å². The summed E-state index contributed by atoms with van der Waals surface area (Å²) in [5, 5.41) is 17.1. The Morgan fingerprint density at radius 1 is 1.33 bits per heavy atom. The van der Waals surface area contributed by atoms with Crippen LogP contribution in [-0.2, 0) is 20.9 Å². The van der Waals surface area contributed by atoms with Crippen molar-refractivity contribution >= 4 is 17.6 Å². The van der Waals surface area contributed by atoms with Crippen LogP contribution in [0.1, 0.15) is 67.2 Å². The van der Waals surface area contributed by atoms with Gasteiger partial charge >= 0.3 is 0 Å². The van der Waals surface area contributed by atoms with Crippen molar-refractivity contribution in [2.45, 2.75) is 91.0 Å². The van der Waals surface area contributed by atoms with Gasteiger partial charge in [-0.05, 0) is 41.0 Å². The van der Waals surface area contributed by atoms with Crippen molar-refractivity contribution in [1.82, 2.24) is 14.7 Å². The molecule has 168 valence electrons. The van der Waals surface area contributed by atoms with Gasteiger partial charge in [-0.3, -0.25) is 14.3 Å². The number of hydrogen-bond donors (Lipinski definition) is 2. The minimum absolute atomic E-state index is 0.0380. The molecular formula is C22H36N4O4. The summed E-state index contributed by atoms with van der Waals surface area (Å²) in [5.74, 6) is 0.482. The van der Waals surface area contributed by atoms with Crippen LogP contribution in [0.5, 0.6) is 0 Å². The van der Waals surface area contributed by atoms with E-state index in [9.17, 15) is 14.7 Å². The molecule has 0 saturated carbocycles. The second-order valence-corrected chi connectivity index (χ2v) is 9.10. The number of aliphatic hydroxyl groups is 1. The highest BCUT2D eigenvalue weighted by Gasteiger charge is 2.44. The van der Waals surface area contributed by atoms with Crippen LogP contribution in [-0.4, -0.2) is 55.4 Å². The molecule has 0 aliphatic carbocycles. The first-order chi connectivity index (χ1) is 13.9. The summed E-state index contributed by atoms with van der Waals surface area (Å²) >= 11 is 0. The number of hydrogen-bond acceptors (Lipinski definition) is 5. The summed E-state index contributed by atoms with van der Waals surface area (Å²) in [6, 6.07) is 1.69. The molecule has 30 heavy (non-hydrogen) atoms. The average molecular weight is 421 g/mol. The molecule has 1 atom stereocenters. The van der Waals surface area contributed by atoms with Crippen molar-refractivity contribution in [3.8, 4) is 0 Å². The lowest BCUT2D eigenvalue weighted by molar-refractivity contribution is -0.140. The van der Waals surface area contributed by atoms with E-state index >= 15 is 0 Å². The highest BCUT2D eigenvalue weighted by Crippen LogP contribution is 2.30. The van der Waals surface area contributed by atoms with Crippen LogP contribution >= 0.6 is 0 Å². The Balaban J connectivity index is 2.17. The predicted molar refractivity (Wildman–Crippen MR) is 116 cm³/mol. The smallest absolute Gasteiger partial charge is 0.251 e. The van der Waals surface area contributed by atoms with Crippen molar-refractivity contribution < 1.29 is 19.4 Å². The van der Waals surface area contributed by atoms with Crippen molar-refractivity contribution in [2.24, 2.45) is 0 Å². The van der Waals surface area contributed by atoms with Crippen molar-refractivity contribution in [1.29, 1.82) is 0 Å². The summed E-state index contributed by atoms with van der Waals surface area (Å²) in [6.45, 7) is 11.7. The zero-order chi connectivity index (χ0) is 22.5. The first-order valence-corrected chi connectivity index (χ1v) is 10.7. The zero-order valence-corrected chi connectivity index (χ0v) is 19.1. The van der Waals surface area contributed by atoms with Gasteiger partial charge in [0.1, 0.15) is 11.3 Å². The molecule has 0 radical (unpaired) electrons. The molecule has 1 aromatic heterocycles. The summed E-state index contributed by atoms with van der Waals surface area (Å²) in [4.78, 5) is 27.6. The number of unbranched alkanes of at least 4 members (excludes halogenated alkanes) is 2. The van der Waals surface area contributed by atoms with Gasteiger partial charge in [0.05, 0.1) is 24.8 Å². The van der Waals surface area contributed by atoms with Crippen molar-refractivity contribution in [3.63, 3.8) is 0 Å². The average Bonchev–Trinajstić information content (AvgIpc) is 3.19. The Kier molecular flexibility index (Phi) is 7.69. The monoisotopic (exact) mass is 420 g/mol. The van der Waals surface area contributed by atoms with Crippen LogP contribution in [0.25, 0.3) is 0 Å². The quantitative estimate of drug-likeness (QED) is 0.536. The highest BCUT2D eigenvalue weighted by molar-refractivity contribution is 6.02. The molecule has 2 N–H and O–H groups in total. The summed E-state index contributed by atoms with van der Waals surface area (Å²) in [5.41, 5.74) is -1.94. The van der Waals surface area contributed by atoms with E-state index in [1.807, 2.05) is 13.8 Å². The summed E-state index contributed by atoms with van der Waals surface area (Å²) < 4.78 is 7.29. The van der Waals surface area contributed by atoms with Gasteiger partial charge in [-0.1, -0.05) is 26.2 Å². The number of ether oxygens (including phenoxy) is 1. The molecule has 1 aliphatic heterocycles. The summed E-state index contributed by atoms with van der Waals surface area (Å²) in [6.07, 6.45) is 6.52. The largest absolute Gasteiger partial charge is 0.493 e. The fourth-order valence-corrected chi connectivity index (χ4v) is 3.54. The molecule has 8 nitrogen and oxygen atoms in total. The molecule has 2 rings (SSSR count). The molecule has 2 heterocycles. The van der Waals surface area contributed by atoms with Crippen LogP contribution in [0.15, 0.2) is 24.1 Å². The maximum absolute atomic E-state index is 13.3. The normalized spacial score (nSPS) is 16.6. The van der Waals surface area contributed by atoms with E-state index in [2.05, 4.69) is 17.3 Å². The Labute approximate surface area is 179 Å². The van der Waals surface area contributed by atoms with E-state index in [1.54, 1.807) is 42.6 Å². The maximum Gasteiger partial charge on any atom is 0.251 e. The molecule has 0 aromatic carbocycles. The van der Waals surface area contributed by atoms with Gasteiger partial charge in [-0.25, -0.2) is 0 Å². The molecule has 1 aromatic rings. The molecule has 0 bridgehead atoms. The third kappa shape index (κ3) is 6.32. The molecule has 1 aliphatic rings. The van der Waals surface area contributed by atoms with E-state index < -0.39 is 11.1 Å². The number of amides is 2. The molecule has 2 amide bonds. The van der Waals surface area contributed by atoms with Gasteiger partial charge in [0.2, 0.25) is 0 Å². The molecule has 1 unspecified atom stereocenters. The Morgan fingerprint density at radius 3 is 2.63 bits per heavy atom. The lowest BCUT2D eigenvalue weighted by atomic mass is 9.91. The first kappa shape index (κ1) is 23.9. The fourth-order valence-electron chi connectivity index (χ4n) is 3.54. The van der Waals surface area contributed by atoms with Gasteiger partial charge in [-0.15, -0.1) is 0 Å². The Hall–Kier alpha value is -2.35. The number of carbonyl (C=O) groups excluding carboxylic acids is 2. The van der Waals surface area contributed by atoms with Gasteiger partial charge in [-0.2, -0.15) is 5.10 Å². The highest BCUT2D eigenvalue weighted by atomic mass is 16.5. The van der Waals surface area contributed by atoms with Crippen LogP contribution < -0.4 is 5.32 Å². The standard InChI is InChI=1S/C22H36N4O4/c1-7-8-9-11-22(6,26-14-17(13-19(26)27)30-16(2)3)20(28)23-18-10-12-25(24-18)15-21(4,5)29/h10,12-13,16,29H,7-9,11,14-15H2,1-6H3,(H,23,24,28). The first-order valence-electron chi connectivity index (χ1n) is 10.7. The van der Waals surface area contributed by atoms with Gasteiger partial charge in [0.15, 0.2) is 5.82 Å². The van der Waals surface area contributed by atoms with E-state index in [-0.39, 0.29) is 24.5 Å². The number of anilines is 1. The van der Waals surface area contributed by atoms with Crippen LogP contribution in [0.3, 0.4) is 0 Å². The van der Waals surface area contributed by atoms with E-state index in [1.165, 1.54) is 6.08 Å². The number of nitrogens with one attached hydrogen (secondary N) is 1. The lowest BCUT2D eigenvalue weighted by Crippen LogP contribution is -2.55. The van der Waals surface area contributed by atoms with E-state index in [4.69, 9.17) is 4.74 Å². The second-order valence-electron chi connectivity index (χ2n) is 9.10. The topological polar surface area (TPSA) is 96.7 Å². The third-order valence-electron chi connectivity index (χ3n) is 5.03.